The minimum atomic E-state index is -0.655. The molecule has 0 saturated carbocycles. The van der Waals surface area contributed by atoms with Crippen molar-refractivity contribution in [3.63, 3.8) is 0 Å². The number of para-hydroxylation sites is 2. The van der Waals surface area contributed by atoms with E-state index in [0.29, 0.717) is 29.6 Å². The van der Waals surface area contributed by atoms with Gasteiger partial charge in [0.05, 0.1) is 13.7 Å². The molecule has 1 heterocycles. The Kier molecular flexibility index (Phi) is 6.04. The number of nitrogens with zero attached hydrogens (tertiary/aromatic N) is 2. The van der Waals surface area contributed by atoms with Crippen LogP contribution in [-0.2, 0) is 11.3 Å². The van der Waals surface area contributed by atoms with Crippen molar-refractivity contribution in [3.05, 3.63) is 60.5 Å². The van der Waals surface area contributed by atoms with Crippen LogP contribution in [-0.4, -0.2) is 29.3 Å². The number of rotatable bonds is 8. The molecule has 0 fully saturated rings. The van der Waals surface area contributed by atoms with Gasteiger partial charge in [0.1, 0.15) is 0 Å². The summed E-state index contributed by atoms with van der Waals surface area (Å²) in [5.74, 6) is 1.65. The number of benzene rings is 2. The van der Waals surface area contributed by atoms with E-state index in [1.807, 2.05) is 49.4 Å². The molecule has 1 amide bonds. The lowest BCUT2D eigenvalue weighted by molar-refractivity contribution is -0.128. The van der Waals surface area contributed by atoms with Gasteiger partial charge in [0.15, 0.2) is 17.6 Å². The number of methoxy groups -OCH3 is 1. The van der Waals surface area contributed by atoms with Gasteiger partial charge >= 0.3 is 0 Å². The predicted octanol–water partition coefficient (Wildman–Crippen LogP) is 3.22. The maximum Gasteiger partial charge on any atom is 0.261 e. The molecule has 0 radical (unpaired) electrons. The highest BCUT2D eigenvalue weighted by Gasteiger charge is 2.20. The number of carbonyl (C=O) groups is 1. The Morgan fingerprint density at radius 2 is 1.81 bits per heavy atom. The third-order valence-electron chi connectivity index (χ3n) is 3.92. The standard InChI is InChI=1S/C20H21N3O4/c1-3-15(26-17-12-8-7-11-16(17)25-2)20(24)21-13-18-22-19(23-27-18)14-9-5-4-6-10-14/h4-12,15H,3,13H2,1-2H3,(H,21,24)/t15-/m1/s1. The highest BCUT2D eigenvalue weighted by atomic mass is 16.5. The Morgan fingerprint density at radius 3 is 2.52 bits per heavy atom. The molecule has 0 saturated heterocycles. The van der Waals surface area contributed by atoms with Gasteiger partial charge < -0.3 is 19.3 Å². The quantitative estimate of drug-likeness (QED) is 0.658. The molecule has 0 aliphatic heterocycles. The van der Waals surface area contributed by atoms with Crippen molar-refractivity contribution in [3.8, 4) is 22.9 Å². The van der Waals surface area contributed by atoms with Crippen LogP contribution in [0, 0.1) is 0 Å². The van der Waals surface area contributed by atoms with E-state index < -0.39 is 6.10 Å². The Bertz CT molecular complexity index is 880. The van der Waals surface area contributed by atoms with Crippen LogP contribution in [0.25, 0.3) is 11.4 Å². The average Bonchev–Trinajstić information content (AvgIpc) is 3.20. The van der Waals surface area contributed by atoms with Gasteiger partial charge in [-0.3, -0.25) is 4.79 Å². The lowest BCUT2D eigenvalue weighted by Crippen LogP contribution is -2.37. The van der Waals surface area contributed by atoms with Crippen molar-refractivity contribution in [2.45, 2.75) is 26.0 Å². The van der Waals surface area contributed by atoms with Crippen molar-refractivity contribution in [1.29, 1.82) is 0 Å². The van der Waals surface area contributed by atoms with Crippen molar-refractivity contribution in [2.75, 3.05) is 7.11 Å². The molecule has 7 nitrogen and oxygen atoms in total. The molecule has 140 valence electrons. The third-order valence-corrected chi connectivity index (χ3v) is 3.92. The van der Waals surface area contributed by atoms with Crippen molar-refractivity contribution >= 4 is 5.91 Å². The lowest BCUT2D eigenvalue weighted by Gasteiger charge is -2.18. The largest absolute Gasteiger partial charge is 0.493 e. The number of hydrogen-bond donors (Lipinski definition) is 1. The number of hydrogen-bond acceptors (Lipinski definition) is 6. The van der Waals surface area contributed by atoms with Gasteiger partial charge in [0.25, 0.3) is 5.91 Å². The zero-order valence-electron chi connectivity index (χ0n) is 15.2. The molecular weight excluding hydrogens is 346 g/mol. The first-order valence-electron chi connectivity index (χ1n) is 8.66. The van der Waals surface area contributed by atoms with E-state index in [4.69, 9.17) is 14.0 Å². The molecule has 0 aliphatic carbocycles. The molecule has 27 heavy (non-hydrogen) atoms. The number of ether oxygens (including phenoxy) is 2. The number of carbonyl (C=O) groups excluding carboxylic acids is 1. The van der Waals surface area contributed by atoms with Crippen molar-refractivity contribution < 1.29 is 18.8 Å². The van der Waals surface area contributed by atoms with Gasteiger partial charge in [-0.1, -0.05) is 54.5 Å². The van der Waals surface area contributed by atoms with E-state index in [2.05, 4.69) is 15.5 Å². The molecular formula is C20H21N3O4. The fourth-order valence-corrected chi connectivity index (χ4v) is 2.50. The second-order valence-electron chi connectivity index (χ2n) is 5.76. The van der Waals surface area contributed by atoms with Crippen LogP contribution in [0.2, 0.25) is 0 Å². The number of nitrogens with one attached hydrogen (secondary N) is 1. The number of aromatic nitrogens is 2. The summed E-state index contributed by atoms with van der Waals surface area (Å²) >= 11 is 0. The molecule has 0 spiro atoms. The monoisotopic (exact) mass is 367 g/mol. The SMILES string of the molecule is CC[C@@H](Oc1ccccc1OC)C(=O)NCc1nc(-c2ccccc2)no1. The smallest absolute Gasteiger partial charge is 0.261 e. The summed E-state index contributed by atoms with van der Waals surface area (Å²) in [6.45, 7) is 2.00. The maximum atomic E-state index is 12.5. The maximum absolute atomic E-state index is 12.5. The van der Waals surface area contributed by atoms with E-state index in [1.165, 1.54) is 0 Å². The fraction of sp³-hybridized carbons (Fsp3) is 0.250. The molecule has 0 bridgehead atoms. The third kappa shape index (κ3) is 4.63. The van der Waals surface area contributed by atoms with Crippen molar-refractivity contribution in [2.24, 2.45) is 0 Å². The molecule has 7 heteroatoms. The van der Waals surface area contributed by atoms with Crippen LogP contribution in [0.1, 0.15) is 19.2 Å². The summed E-state index contributed by atoms with van der Waals surface area (Å²) in [5, 5.41) is 6.71. The summed E-state index contributed by atoms with van der Waals surface area (Å²) in [7, 11) is 1.56. The van der Waals surface area contributed by atoms with E-state index >= 15 is 0 Å². The van der Waals surface area contributed by atoms with Crippen LogP contribution in [0.15, 0.2) is 59.1 Å². The Labute approximate surface area is 157 Å². The first-order valence-corrected chi connectivity index (χ1v) is 8.66. The minimum Gasteiger partial charge on any atom is -0.493 e. The molecule has 0 aliphatic rings. The highest BCUT2D eigenvalue weighted by molar-refractivity contribution is 5.81. The van der Waals surface area contributed by atoms with Crippen LogP contribution >= 0.6 is 0 Å². The molecule has 1 atom stereocenters. The fourth-order valence-electron chi connectivity index (χ4n) is 2.50. The van der Waals surface area contributed by atoms with Crippen LogP contribution in [0.3, 0.4) is 0 Å². The predicted molar refractivity (Wildman–Crippen MR) is 99.3 cm³/mol. The first-order chi connectivity index (χ1) is 13.2. The Morgan fingerprint density at radius 1 is 1.11 bits per heavy atom. The van der Waals surface area contributed by atoms with Gasteiger partial charge in [0, 0.05) is 5.56 Å². The molecule has 3 rings (SSSR count). The second kappa shape index (κ2) is 8.84. The van der Waals surface area contributed by atoms with Gasteiger partial charge in [-0.25, -0.2) is 0 Å². The topological polar surface area (TPSA) is 86.5 Å². The zero-order chi connectivity index (χ0) is 19.1. The van der Waals surface area contributed by atoms with Gasteiger partial charge in [-0.05, 0) is 18.6 Å². The molecule has 1 aromatic heterocycles. The van der Waals surface area contributed by atoms with Gasteiger partial charge in [-0.15, -0.1) is 0 Å². The van der Waals surface area contributed by atoms with E-state index in [1.54, 1.807) is 19.2 Å². The molecule has 3 aromatic rings. The highest BCUT2D eigenvalue weighted by Crippen LogP contribution is 2.27. The Hall–Kier alpha value is -3.35. The van der Waals surface area contributed by atoms with E-state index in [9.17, 15) is 4.79 Å². The van der Waals surface area contributed by atoms with Crippen LogP contribution in [0.5, 0.6) is 11.5 Å². The summed E-state index contributed by atoms with van der Waals surface area (Å²) < 4.78 is 16.3. The molecule has 0 unspecified atom stereocenters. The van der Waals surface area contributed by atoms with E-state index in [0.717, 1.165) is 5.56 Å². The van der Waals surface area contributed by atoms with E-state index in [-0.39, 0.29) is 12.5 Å². The van der Waals surface area contributed by atoms with Crippen LogP contribution < -0.4 is 14.8 Å². The summed E-state index contributed by atoms with van der Waals surface area (Å²) in [6.07, 6.45) is -0.152. The molecule has 2 aromatic carbocycles. The zero-order valence-corrected chi connectivity index (χ0v) is 15.2. The normalized spacial score (nSPS) is 11.6. The lowest BCUT2D eigenvalue weighted by atomic mass is 10.2. The number of amides is 1. The van der Waals surface area contributed by atoms with Gasteiger partial charge in [0.2, 0.25) is 11.7 Å². The Balaban J connectivity index is 1.60. The van der Waals surface area contributed by atoms with Crippen molar-refractivity contribution in [1.82, 2.24) is 15.5 Å². The average molecular weight is 367 g/mol. The summed E-state index contributed by atoms with van der Waals surface area (Å²) in [5.41, 5.74) is 0.852. The summed E-state index contributed by atoms with van der Waals surface area (Å²) in [4.78, 5) is 16.8. The first kappa shape index (κ1) is 18.4. The van der Waals surface area contributed by atoms with Crippen LogP contribution in [0.4, 0.5) is 0 Å². The second-order valence-corrected chi connectivity index (χ2v) is 5.76. The summed E-state index contributed by atoms with van der Waals surface area (Å²) in [6, 6.07) is 16.7. The molecule has 1 N–H and O–H groups in total. The minimum absolute atomic E-state index is 0.129. The van der Waals surface area contributed by atoms with Gasteiger partial charge in [-0.2, -0.15) is 4.98 Å².